The van der Waals surface area contributed by atoms with Crippen LogP contribution < -0.4 is 5.32 Å². The molecule has 0 rings (SSSR count). The molecule has 0 aliphatic carbocycles. The van der Waals surface area contributed by atoms with Gasteiger partial charge in [0.25, 0.3) is 0 Å². The van der Waals surface area contributed by atoms with E-state index >= 15 is 0 Å². The molecule has 2 atom stereocenters. The van der Waals surface area contributed by atoms with Crippen LogP contribution in [0, 0.1) is 0 Å². The lowest BCUT2D eigenvalue weighted by atomic mass is 10.0. The van der Waals surface area contributed by atoms with E-state index in [1.54, 1.807) is 6.08 Å². The molecule has 0 aromatic rings. The molecule has 4 nitrogen and oxygen atoms in total. The summed E-state index contributed by atoms with van der Waals surface area (Å²) in [7, 11) is 0. The number of hydrogen-bond acceptors (Lipinski definition) is 3. The molecule has 0 aromatic carbocycles. The maximum absolute atomic E-state index is 11.9. The van der Waals surface area contributed by atoms with Crippen LogP contribution in [-0.2, 0) is 4.79 Å². The summed E-state index contributed by atoms with van der Waals surface area (Å²) in [6.07, 6.45) is 46.1. The Hall–Kier alpha value is -1.39. The summed E-state index contributed by atoms with van der Waals surface area (Å²) in [4.78, 5) is 11.9. The Balaban J connectivity index is 3.48. The van der Waals surface area contributed by atoms with E-state index in [0.717, 1.165) is 44.9 Å². The lowest BCUT2D eigenvalue weighted by Gasteiger charge is -2.19. The summed E-state index contributed by atoms with van der Waals surface area (Å²) in [6.45, 7) is 4.12. The number of nitrogens with one attached hydrogen (secondary N) is 1. The van der Waals surface area contributed by atoms with E-state index in [4.69, 9.17) is 0 Å². The molecule has 3 N–H and O–H groups in total. The molecule has 0 aromatic heterocycles. The van der Waals surface area contributed by atoms with Crippen LogP contribution in [-0.4, -0.2) is 34.9 Å². The normalized spacial score (nSPS) is 13.5. The van der Waals surface area contributed by atoms with E-state index < -0.39 is 12.1 Å². The predicted octanol–water partition coefficient (Wildman–Crippen LogP) is 11.1. The van der Waals surface area contributed by atoms with Crippen LogP contribution in [0.5, 0.6) is 0 Å². The molecule has 0 heterocycles. The minimum Gasteiger partial charge on any atom is -0.394 e. The first-order valence-corrected chi connectivity index (χ1v) is 18.7. The van der Waals surface area contributed by atoms with Gasteiger partial charge in [-0.3, -0.25) is 4.79 Å². The molecule has 0 saturated carbocycles. The van der Waals surface area contributed by atoms with Crippen LogP contribution in [0.2, 0.25) is 0 Å². The fraction of sp³-hybridized carbons (Fsp3) is 0.821. The Morgan fingerprint density at radius 3 is 1.35 bits per heavy atom. The fourth-order valence-corrected chi connectivity index (χ4v) is 5.44. The van der Waals surface area contributed by atoms with Gasteiger partial charge in [0.05, 0.1) is 18.8 Å². The third kappa shape index (κ3) is 31.8. The number of carbonyl (C=O) groups is 1. The van der Waals surface area contributed by atoms with Crippen LogP contribution in [0.25, 0.3) is 0 Å². The van der Waals surface area contributed by atoms with Gasteiger partial charge in [0.2, 0.25) is 5.91 Å². The molecule has 252 valence electrons. The molecule has 0 aliphatic heterocycles. The lowest BCUT2D eigenvalue weighted by molar-refractivity contribution is -0.123. The maximum Gasteiger partial charge on any atom is 0.220 e. The summed E-state index contributed by atoms with van der Waals surface area (Å²) in [5.74, 6) is -0.104. The number of unbranched alkanes of at least 4 members (excludes halogenated alkanes) is 22. The number of rotatable bonds is 33. The smallest absolute Gasteiger partial charge is 0.220 e. The maximum atomic E-state index is 11.9. The quantitative estimate of drug-likeness (QED) is 0.0516. The van der Waals surface area contributed by atoms with Crippen molar-refractivity contribution in [1.82, 2.24) is 5.32 Å². The average molecular weight is 604 g/mol. The van der Waals surface area contributed by atoms with Crippen LogP contribution in [0.1, 0.15) is 187 Å². The Morgan fingerprint density at radius 2 is 0.907 bits per heavy atom. The molecule has 0 aliphatic rings. The summed E-state index contributed by atoms with van der Waals surface area (Å²) in [6, 6.07) is -0.637. The van der Waals surface area contributed by atoms with Gasteiger partial charge >= 0.3 is 0 Å². The van der Waals surface area contributed by atoms with Gasteiger partial charge in [-0.1, -0.05) is 172 Å². The summed E-state index contributed by atoms with van der Waals surface area (Å²) in [5.41, 5.74) is 0. The topological polar surface area (TPSA) is 69.6 Å². The summed E-state index contributed by atoms with van der Waals surface area (Å²) < 4.78 is 0. The average Bonchev–Trinajstić information content (AvgIpc) is 3.01. The van der Waals surface area contributed by atoms with E-state index in [2.05, 4.69) is 43.5 Å². The van der Waals surface area contributed by atoms with Gasteiger partial charge < -0.3 is 15.5 Å². The third-order valence-corrected chi connectivity index (χ3v) is 8.35. The van der Waals surface area contributed by atoms with Crippen molar-refractivity contribution < 1.29 is 15.0 Å². The van der Waals surface area contributed by atoms with E-state index in [9.17, 15) is 15.0 Å². The molecular weight excluding hydrogens is 530 g/mol. The fourth-order valence-electron chi connectivity index (χ4n) is 5.44. The Kier molecular flexibility index (Phi) is 34.0. The number of allylic oxidation sites excluding steroid dienone is 5. The highest BCUT2D eigenvalue weighted by Gasteiger charge is 2.17. The van der Waals surface area contributed by atoms with Gasteiger partial charge in [-0.15, -0.1) is 0 Å². The Labute approximate surface area is 268 Å². The van der Waals surface area contributed by atoms with Crippen LogP contribution in [0.3, 0.4) is 0 Å². The highest BCUT2D eigenvalue weighted by atomic mass is 16.3. The van der Waals surface area contributed by atoms with Crippen molar-refractivity contribution >= 4 is 5.91 Å². The van der Waals surface area contributed by atoms with Crippen molar-refractivity contribution in [2.75, 3.05) is 6.61 Å². The van der Waals surface area contributed by atoms with Crippen molar-refractivity contribution in [2.24, 2.45) is 0 Å². The Morgan fingerprint density at radius 1 is 0.535 bits per heavy atom. The highest BCUT2D eigenvalue weighted by Crippen LogP contribution is 2.15. The van der Waals surface area contributed by atoms with Gasteiger partial charge in [0, 0.05) is 6.42 Å². The minimum absolute atomic E-state index is 0.104. The van der Waals surface area contributed by atoms with Crippen molar-refractivity contribution in [3.05, 3.63) is 36.5 Å². The summed E-state index contributed by atoms with van der Waals surface area (Å²) in [5, 5.41) is 22.5. The van der Waals surface area contributed by atoms with Gasteiger partial charge in [-0.2, -0.15) is 0 Å². The molecule has 0 bridgehead atoms. The monoisotopic (exact) mass is 604 g/mol. The standard InChI is InChI=1S/C39H73NO3/c1-3-5-7-8-9-10-11-12-13-14-15-16-17-18-19-20-21-22-23-24-25-26-27-28-29-30-31-33-34-38(42)37(36-41)40-39(43)35-32-6-4-2/h24-25,28-29,33-34,37-38,41-42H,3-23,26-27,30-32,35-36H2,1-2H3,(H,40,43)/b25-24+,29-28+,34-33+. The van der Waals surface area contributed by atoms with Crippen molar-refractivity contribution in [2.45, 2.75) is 199 Å². The number of aliphatic hydroxyl groups excluding tert-OH is 2. The third-order valence-electron chi connectivity index (χ3n) is 8.35. The van der Waals surface area contributed by atoms with E-state index in [0.29, 0.717) is 6.42 Å². The van der Waals surface area contributed by atoms with Gasteiger partial charge in [-0.05, 0) is 44.9 Å². The van der Waals surface area contributed by atoms with Crippen molar-refractivity contribution in [3.63, 3.8) is 0 Å². The molecule has 0 fully saturated rings. The zero-order valence-corrected chi connectivity index (χ0v) is 28.7. The zero-order valence-electron chi connectivity index (χ0n) is 28.7. The Bertz CT molecular complexity index is 657. The van der Waals surface area contributed by atoms with E-state index in [1.807, 2.05) is 6.08 Å². The lowest BCUT2D eigenvalue weighted by Crippen LogP contribution is -2.45. The van der Waals surface area contributed by atoms with Gasteiger partial charge in [0.1, 0.15) is 0 Å². The van der Waals surface area contributed by atoms with Crippen molar-refractivity contribution in [3.8, 4) is 0 Å². The molecule has 4 heteroatoms. The van der Waals surface area contributed by atoms with Gasteiger partial charge in [-0.25, -0.2) is 0 Å². The predicted molar refractivity (Wildman–Crippen MR) is 188 cm³/mol. The van der Waals surface area contributed by atoms with Crippen molar-refractivity contribution in [1.29, 1.82) is 0 Å². The second-order valence-electron chi connectivity index (χ2n) is 12.6. The molecular formula is C39H73NO3. The summed E-state index contributed by atoms with van der Waals surface area (Å²) >= 11 is 0. The number of carbonyl (C=O) groups excluding carboxylic acids is 1. The first kappa shape index (κ1) is 41.6. The molecule has 0 spiro atoms. The largest absolute Gasteiger partial charge is 0.394 e. The van der Waals surface area contributed by atoms with Crippen LogP contribution in [0.4, 0.5) is 0 Å². The molecule has 0 saturated heterocycles. The van der Waals surface area contributed by atoms with E-state index in [1.165, 1.54) is 122 Å². The second-order valence-corrected chi connectivity index (χ2v) is 12.6. The van der Waals surface area contributed by atoms with Crippen LogP contribution >= 0.6 is 0 Å². The molecule has 2 unspecified atom stereocenters. The zero-order chi connectivity index (χ0) is 31.5. The second kappa shape index (κ2) is 35.1. The number of amides is 1. The number of aliphatic hydroxyl groups is 2. The molecule has 0 radical (unpaired) electrons. The molecule has 43 heavy (non-hydrogen) atoms. The minimum atomic E-state index is -0.863. The highest BCUT2D eigenvalue weighted by molar-refractivity contribution is 5.76. The SMILES string of the molecule is CCCCCCCCCCCCCCCCCCCC/C=C/CC/C=C/CC/C=C/C(O)C(CO)NC(=O)CCCCC. The van der Waals surface area contributed by atoms with E-state index in [-0.39, 0.29) is 12.5 Å². The van der Waals surface area contributed by atoms with Gasteiger partial charge in [0.15, 0.2) is 0 Å². The first-order chi connectivity index (χ1) is 21.2. The van der Waals surface area contributed by atoms with Crippen LogP contribution in [0.15, 0.2) is 36.5 Å². The first-order valence-electron chi connectivity index (χ1n) is 18.7. The number of hydrogen-bond donors (Lipinski definition) is 3. The molecule has 1 amide bonds.